The summed E-state index contributed by atoms with van der Waals surface area (Å²) in [6.07, 6.45) is 6.84. The zero-order valence-corrected chi connectivity index (χ0v) is 16.7. The van der Waals surface area contributed by atoms with Crippen molar-refractivity contribution in [1.82, 2.24) is 14.5 Å². The van der Waals surface area contributed by atoms with Gasteiger partial charge in [-0.2, -0.15) is 5.26 Å². The number of fused-ring (bicyclic) bond motifs is 1. The molecule has 2 aromatic rings. The number of aromatic nitrogens is 2. The average Bonchev–Trinajstić information content (AvgIpc) is 3.22. The van der Waals surface area contributed by atoms with Crippen LogP contribution in [0.4, 0.5) is 4.79 Å². The lowest BCUT2D eigenvalue weighted by molar-refractivity contribution is 0.00414. The number of ether oxygens (including phenoxy) is 1. The van der Waals surface area contributed by atoms with E-state index in [1.807, 2.05) is 23.4 Å². The van der Waals surface area contributed by atoms with Crippen molar-refractivity contribution in [3.63, 3.8) is 0 Å². The smallest absolute Gasteiger partial charge is 0.410 e. The molecular weight excluding hydrogens is 352 g/mol. The number of carbonyl (C=O) groups excluding carboxylic acids is 1. The van der Waals surface area contributed by atoms with Crippen LogP contribution in [0.15, 0.2) is 24.5 Å². The van der Waals surface area contributed by atoms with Gasteiger partial charge < -0.3 is 14.2 Å². The van der Waals surface area contributed by atoms with E-state index in [9.17, 15) is 10.1 Å². The molecule has 2 fully saturated rings. The van der Waals surface area contributed by atoms with Gasteiger partial charge in [0.25, 0.3) is 0 Å². The van der Waals surface area contributed by atoms with Crippen LogP contribution in [-0.4, -0.2) is 39.2 Å². The number of amides is 1. The van der Waals surface area contributed by atoms with Gasteiger partial charge in [-0.3, -0.25) is 0 Å². The van der Waals surface area contributed by atoms with E-state index in [4.69, 9.17) is 4.74 Å². The maximum absolute atomic E-state index is 12.4. The lowest BCUT2D eigenvalue weighted by Gasteiger charge is -2.36. The van der Waals surface area contributed by atoms with Crippen molar-refractivity contribution in [2.24, 2.45) is 11.8 Å². The third-order valence-electron chi connectivity index (χ3n) is 6.38. The van der Waals surface area contributed by atoms with Crippen molar-refractivity contribution < 1.29 is 9.53 Å². The number of rotatable bonds is 5. The molecule has 1 aromatic carbocycles. The Morgan fingerprint density at radius 2 is 2.32 bits per heavy atom. The Bertz CT molecular complexity index is 915. The molecule has 148 valence electrons. The first-order valence-corrected chi connectivity index (χ1v) is 10.3. The molecule has 2 aliphatic rings. The van der Waals surface area contributed by atoms with Gasteiger partial charge in [0.15, 0.2) is 0 Å². The van der Waals surface area contributed by atoms with Crippen molar-refractivity contribution in [1.29, 1.82) is 5.26 Å². The standard InChI is InChI=1S/C22H28N4O2/c1-3-16(2)12-25-14-22(28-21(25)27)8-4-5-18(10-22)13-26-15-24-19-7-6-17(11-23)9-20(19)26/h6-7,9,15-16,18H,3-5,8,10,12-14H2,1-2H3/t16?,18-,22-/m0/s1. The zero-order chi connectivity index (χ0) is 19.7. The summed E-state index contributed by atoms with van der Waals surface area (Å²) in [6, 6.07) is 7.82. The Morgan fingerprint density at radius 3 is 3.11 bits per heavy atom. The number of hydrogen-bond acceptors (Lipinski definition) is 4. The number of carbonyl (C=O) groups is 1. The molecule has 0 bridgehead atoms. The van der Waals surface area contributed by atoms with Crippen molar-refractivity contribution in [2.45, 2.75) is 58.1 Å². The van der Waals surface area contributed by atoms with Gasteiger partial charge in [-0.25, -0.2) is 9.78 Å². The molecule has 6 heteroatoms. The molecule has 0 N–H and O–H groups in total. The molecule has 2 heterocycles. The monoisotopic (exact) mass is 380 g/mol. The Morgan fingerprint density at radius 1 is 1.46 bits per heavy atom. The van der Waals surface area contributed by atoms with Crippen molar-refractivity contribution >= 4 is 17.1 Å². The fraction of sp³-hybridized carbons (Fsp3) is 0.591. The van der Waals surface area contributed by atoms with E-state index in [2.05, 4.69) is 29.5 Å². The maximum atomic E-state index is 12.4. The van der Waals surface area contributed by atoms with Gasteiger partial charge in [0, 0.05) is 13.1 Å². The van der Waals surface area contributed by atoms with Gasteiger partial charge in [-0.15, -0.1) is 0 Å². The number of imidazole rings is 1. The van der Waals surface area contributed by atoms with E-state index < -0.39 is 0 Å². The quantitative estimate of drug-likeness (QED) is 0.774. The van der Waals surface area contributed by atoms with E-state index >= 15 is 0 Å². The number of benzene rings is 1. The van der Waals surface area contributed by atoms with Crippen molar-refractivity contribution in [2.75, 3.05) is 13.1 Å². The molecule has 4 rings (SSSR count). The molecule has 1 unspecified atom stereocenters. The Kier molecular flexibility index (Phi) is 5.01. The second-order valence-corrected chi connectivity index (χ2v) is 8.62. The minimum absolute atomic E-state index is 0.146. The largest absolute Gasteiger partial charge is 0.441 e. The van der Waals surface area contributed by atoms with Gasteiger partial charge in [0.2, 0.25) is 0 Å². The molecule has 28 heavy (non-hydrogen) atoms. The lowest BCUT2D eigenvalue weighted by atomic mass is 9.78. The minimum atomic E-state index is -0.332. The summed E-state index contributed by atoms with van der Waals surface area (Å²) in [6.45, 7) is 6.68. The Hall–Kier alpha value is -2.55. The fourth-order valence-electron chi connectivity index (χ4n) is 4.72. The highest BCUT2D eigenvalue weighted by molar-refractivity contribution is 5.77. The molecule has 1 saturated heterocycles. The van der Waals surface area contributed by atoms with Crippen LogP contribution in [0, 0.1) is 23.2 Å². The number of nitriles is 1. The summed E-state index contributed by atoms with van der Waals surface area (Å²) in [7, 11) is 0. The first-order chi connectivity index (χ1) is 13.5. The molecular formula is C22H28N4O2. The maximum Gasteiger partial charge on any atom is 0.410 e. The highest BCUT2D eigenvalue weighted by Gasteiger charge is 2.48. The van der Waals surface area contributed by atoms with E-state index in [1.165, 1.54) is 0 Å². The number of hydrogen-bond donors (Lipinski definition) is 0. The van der Waals surface area contributed by atoms with E-state index in [-0.39, 0.29) is 11.7 Å². The summed E-state index contributed by atoms with van der Waals surface area (Å²) in [4.78, 5) is 18.8. The van der Waals surface area contributed by atoms with Gasteiger partial charge in [-0.05, 0) is 55.7 Å². The SMILES string of the molecule is CCC(C)CN1C[C@@]2(CCC[C@H](Cn3cnc4ccc(C#N)cc43)C2)OC1=O. The van der Waals surface area contributed by atoms with Crippen LogP contribution in [0.5, 0.6) is 0 Å². The first kappa shape index (κ1) is 18.8. The Balaban J connectivity index is 1.48. The molecule has 1 aromatic heterocycles. The normalized spacial score (nSPS) is 25.8. The van der Waals surface area contributed by atoms with Crippen LogP contribution in [0.25, 0.3) is 11.0 Å². The number of nitrogens with zero attached hydrogens (tertiary/aromatic N) is 4. The predicted molar refractivity (Wildman–Crippen MR) is 107 cm³/mol. The predicted octanol–water partition coefficient (Wildman–Crippen LogP) is 4.34. The van der Waals surface area contributed by atoms with Crippen LogP contribution < -0.4 is 0 Å². The van der Waals surface area contributed by atoms with Crippen molar-refractivity contribution in [3.05, 3.63) is 30.1 Å². The summed E-state index contributed by atoms with van der Waals surface area (Å²) in [5.41, 5.74) is 2.23. The van der Waals surface area contributed by atoms with E-state index in [0.29, 0.717) is 17.4 Å². The summed E-state index contributed by atoms with van der Waals surface area (Å²) < 4.78 is 8.09. The van der Waals surface area contributed by atoms with E-state index in [0.717, 1.165) is 62.8 Å². The van der Waals surface area contributed by atoms with Crippen LogP contribution in [0.2, 0.25) is 0 Å². The Labute approximate surface area is 166 Å². The third-order valence-corrected chi connectivity index (χ3v) is 6.38. The van der Waals surface area contributed by atoms with Gasteiger partial charge in [0.05, 0.1) is 35.5 Å². The van der Waals surface area contributed by atoms with Crippen molar-refractivity contribution in [3.8, 4) is 6.07 Å². The van der Waals surface area contributed by atoms with Gasteiger partial charge in [0.1, 0.15) is 5.60 Å². The molecule has 3 atom stereocenters. The second kappa shape index (κ2) is 7.46. The topological polar surface area (TPSA) is 71.2 Å². The minimum Gasteiger partial charge on any atom is -0.441 e. The third kappa shape index (κ3) is 3.58. The van der Waals surface area contributed by atoms with Crippen LogP contribution in [0.1, 0.15) is 51.5 Å². The molecule has 1 spiro atoms. The van der Waals surface area contributed by atoms with Crippen LogP contribution in [-0.2, 0) is 11.3 Å². The summed E-state index contributed by atoms with van der Waals surface area (Å²) in [5.74, 6) is 0.932. The molecule has 1 amide bonds. The average molecular weight is 380 g/mol. The van der Waals surface area contributed by atoms with Gasteiger partial charge >= 0.3 is 6.09 Å². The molecule has 1 aliphatic carbocycles. The molecule has 6 nitrogen and oxygen atoms in total. The highest BCUT2D eigenvalue weighted by atomic mass is 16.6. The highest BCUT2D eigenvalue weighted by Crippen LogP contribution is 2.41. The summed E-state index contributed by atoms with van der Waals surface area (Å²) in [5, 5.41) is 9.18. The van der Waals surface area contributed by atoms with Crippen LogP contribution in [0.3, 0.4) is 0 Å². The molecule has 1 saturated carbocycles. The summed E-state index contributed by atoms with van der Waals surface area (Å²) >= 11 is 0. The van der Waals surface area contributed by atoms with E-state index in [1.54, 1.807) is 6.07 Å². The molecule has 0 radical (unpaired) electrons. The van der Waals surface area contributed by atoms with Crippen LogP contribution >= 0.6 is 0 Å². The lowest BCUT2D eigenvalue weighted by Crippen LogP contribution is -2.41. The van der Waals surface area contributed by atoms with Gasteiger partial charge in [-0.1, -0.05) is 20.3 Å². The second-order valence-electron chi connectivity index (χ2n) is 8.62. The zero-order valence-electron chi connectivity index (χ0n) is 16.7. The molecule has 1 aliphatic heterocycles. The fourth-order valence-corrected chi connectivity index (χ4v) is 4.72. The first-order valence-electron chi connectivity index (χ1n) is 10.3.